The predicted molar refractivity (Wildman–Crippen MR) is 60.3 cm³/mol. The van der Waals surface area contributed by atoms with Crippen molar-refractivity contribution in [3.05, 3.63) is 26.6 Å². The van der Waals surface area contributed by atoms with Crippen molar-refractivity contribution in [2.75, 3.05) is 12.3 Å². The van der Waals surface area contributed by atoms with Crippen molar-refractivity contribution >= 4 is 37.5 Å². The predicted octanol–water partition coefficient (Wildman–Crippen LogP) is 1.79. The zero-order valence-corrected chi connectivity index (χ0v) is 9.97. The van der Waals surface area contributed by atoms with Crippen LogP contribution in [0.1, 0.15) is 11.6 Å². The zero-order valence-electron chi connectivity index (χ0n) is 6.80. The third-order valence-electron chi connectivity index (χ3n) is 1.72. The zero-order chi connectivity index (χ0) is 10.0. The number of anilines is 1. The highest BCUT2D eigenvalue weighted by molar-refractivity contribution is 9.11. The fourth-order valence-corrected chi connectivity index (χ4v) is 2.27. The van der Waals surface area contributed by atoms with Crippen LogP contribution < -0.4 is 11.5 Å². The van der Waals surface area contributed by atoms with Gasteiger partial charge in [0.15, 0.2) is 0 Å². The van der Waals surface area contributed by atoms with E-state index < -0.39 is 6.04 Å². The highest BCUT2D eigenvalue weighted by atomic mass is 79.9. The standard InChI is InChI=1S/C8H10Br2N2O/c9-4-1-5(7(11)3-13)8(12)6(10)2-4/h1-2,7,13H,3,11-12H2/t7-/m0/s1. The van der Waals surface area contributed by atoms with Crippen LogP contribution in [0.15, 0.2) is 21.1 Å². The van der Waals surface area contributed by atoms with Crippen molar-refractivity contribution in [3.8, 4) is 0 Å². The first-order valence-electron chi connectivity index (χ1n) is 3.67. The number of rotatable bonds is 2. The minimum Gasteiger partial charge on any atom is -0.398 e. The van der Waals surface area contributed by atoms with E-state index in [0.29, 0.717) is 5.69 Å². The molecule has 0 amide bonds. The molecule has 0 saturated heterocycles. The van der Waals surface area contributed by atoms with Gasteiger partial charge in [0.25, 0.3) is 0 Å². The van der Waals surface area contributed by atoms with E-state index in [4.69, 9.17) is 16.6 Å². The van der Waals surface area contributed by atoms with E-state index in [1.54, 1.807) is 6.07 Å². The second-order valence-corrected chi connectivity index (χ2v) is 4.45. The topological polar surface area (TPSA) is 72.3 Å². The van der Waals surface area contributed by atoms with E-state index in [2.05, 4.69) is 31.9 Å². The summed E-state index contributed by atoms with van der Waals surface area (Å²) in [7, 11) is 0. The maximum atomic E-state index is 8.88. The van der Waals surface area contributed by atoms with Crippen molar-refractivity contribution in [2.45, 2.75) is 6.04 Å². The quantitative estimate of drug-likeness (QED) is 0.729. The van der Waals surface area contributed by atoms with Crippen LogP contribution in [-0.2, 0) is 0 Å². The van der Waals surface area contributed by atoms with E-state index in [0.717, 1.165) is 14.5 Å². The summed E-state index contributed by atoms with van der Waals surface area (Å²) in [6.07, 6.45) is 0. The van der Waals surface area contributed by atoms with Gasteiger partial charge in [-0.05, 0) is 33.6 Å². The lowest BCUT2D eigenvalue weighted by Gasteiger charge is -2.13. The number of hydrogen-bond acceptors (Lipinski definition) is 3. The summed E-state index contributed by atoms with van der Waals surface area (Å²) < 4.78 is 1.66. The molecule has 0 radical (unpaired) electrons. The smallest absolute Gasteiger partial charge is 0.0625 e. The number of nitrogen functional groups attached to an aromatic ring is 1. The van der Waals surface area contributed by atoms with Gasteiger partial charge in [0, 0.05) is 8.95 Å². The van der Waals surface area contributed by atoms with Gasteiger partial charge in [0.05, 0.1) is 18.3 Å². The molecule has 5 N–H and O–H groups in total. The Morgan fingerprint density at radius 3 is 2.54 bits per heavy atom. The molecule has 0 aromatic heterocycles. The van der Waals surface area contributed by atoms with Gasteiger partial charge in [-0.2, -0.15) is 0 Å². The number of aliphatic hydroxyl groups is 1. The highest BCUT2D eigenvalue weighted by Crippen LogP contribution is 2.30. The van der Waals surface area contributed by atoms with Crippen molar-refractivity contribution in [3.63, 3.8) is 0 Å². The molecule has 0 saturated carbocycles. The Morgan fingerprint density at radius 1 is 1.38 bits per heavy atom. The summed E-state index contributed by atoms with van der Waals surface area (Å²) in [4.78, 5) is 0. The molecule has 5 heteroatoms. The van der Waals surface area contributed by atoms with Crippen LogP contribution in [0.4, 0.5) is 5.69 Å². The molecule has 0 unspecified atom stereocenters. The SMILES string of the molecule is Nc1c(Br)cc(Br)cc1[C@@H](N)CO. The average Bonchev–Trinajstić information content (AvgIpc) is 2.10. The monoisotopic (exact) mass is 308 g/mol. The second kappa shape index (κ2) is 4.41. The average molecular weight is 310 g/mol. The first kappa shape index (κ1) is 11.0. The Balaban J connectivity index is 3.20. The van der Waals surface area contributed by atoms with Crippen molar-refractivity contribution in [1.29, 1.82) is 0 Å². The van der Waals surface area contributed by atoms with E-state index >= 15 is 0 Å². The molecule has 0 spiro atoms. The molecular weight excluding hydrogens is 300 g/mol. The number of hydrogen-bond donors (Lipinski definition) is 3. The van der Waals surface area contributed by atoms with Crippen LogP contribution in [0.25, 0.3) is 0 Å². The van der Waals surface area contributed by atoms with E-state index in [1.165, 1.54) is 0 Å². The van der Waals surface area contributed by atoms with Gasteiger partial charge in [0.2, 0.25) is 0 Å². The molecule has 3 nitrogen and oxygen atoms in total. The lowest BCUT2D eigenvalue weighted by atomic mass is 10.1. The summed E-state index contributed by atoms with van der Waals surface area (Å²) >= 11 is 6.62. The first-order valence-corrected chi connectivity index (χ1v) is 5.25. The van der Waals surface area contributed by atoms with Crippen LogP contribution in [-0.4, -0.2) is 11.7 Å². The fraction of sp³-hybridized carbons (Fsp3) is 0.250. The van der Waals surface area contributed by atoms with Crippen LogP contribution in [0.3, 0.4) is 0 Å². The molecular formula is C8H10Br2N2O. The van der Waals surface area contributed by atoms with Gasteiger partial charge >= 0.3 is 0 Å². The number of benzene rings is 1. The molecule has 13 heavy (non-hydrogen) atoms. The van der Waals surface area contributed by atoms with Crippen molar-refractivity contribution in [1.82, 2.24) is 0 Å². The molecule has 0 bridgehead atoms. The van der Waals surface area contributed by atoms with Crippen LogP contribution in [0.2, 0.25) is 0 Å². The summed E-state index contributed by atoms with van der Waals surface area (Å²) in [6, 6.07) is 3.21. The summed E-state index contributed by atoms with van der Waals surface area (Å²) in [5, 5.41) is 8.88. The lowest BCUT2D eigenvalue weighted by Crippen LogP contribution is -2.16. The van der Waals surface area contributed by atoms with Crippen LogP contribution in [0, 0.1) is 0 Å². The van der Waals surface area contributed by atoms with E-state index in [9.17, 15) is 0 Å². The lowest BCUT2D eigenvalue weighted by molar-refractivity contribution is 0.268. The Hall–Kier alpha value is -0.100. The summed E-state index contributed by atoms with van der Waals surface area (Å²) in [5.74, 6) is 0. The van der Waals surface area contributed by atoms with Crippen molar-refractivity contribution < 1.29 is 5.11 Å². The minimum atomic E-state index is -0.436. The fourth-order valence-electron chi connectivity index (χ4n) is 1.01. The van der Waals surface area contributed by atoms with E-state index in [1.807, 2.05) is 6.07 Å². The molecule has 0 aliphatic rings. The molecule has 0 fully saturated rings. The molecule has 1 atom stereocenters. The molecule has 0 aliphatic heterocycles. The molecule has 0 aliphatic carbocycles. The van der Waals surface area contributed by atoms with Crippen molar-refractivity contribution in [2.24, 2.45) is 5.73 Å². The molecule has 1 rings (SSSR count). The third-order valence-corrected chi connectivity index (χ3v) is 2.84. The minimum absolute atomic E-state index is 0.118. The maximum Gasteiger partial charge on any atom is 0.0625 e. The molecule has 72 valence electrons. The van der Waals surface area contributed by atoms with Gasteiger partial charge in [-0.1, -0.05) is 15.9 Å². The largest absolute Gasteiger partial charge is 0.398 e. The van der Waals surface area contributed by atoms with Gasteiger partial charge in [-0.25, -0.2) is 0 Å². The molecule has 1 aromatic rings. The maximum absolute atomic E-state index is 8.88. The molecule has 0 heterocycles. The Kier molecular flexibility index (Phi) is 3.73. The number of aliphatic hydroxyl groups excluding tert-OH is 1. The van der Waals surface area contributed by atoms with Gasteiger partial charge in [-0.15, -0.1) is 0 Å². The first-order chi connectivity index (χ1) is 6.06. The second-order valence-electron chi connectivity index (χ2n) is 2.68. The highest BCUT2D eigenvalue weighted by Gasteiger charge is 2.11. The Labute approximate surface area is 93.4 Å². The van der Waals surface area contributed by atoms with Gasteiger partial charge < -0.3 is 16.6 Å². The van der Waals surface area contributed by atoms with Crippen LogP contribution in [0.5, 0.6) is 0 Å². The Bertz CT molecular complexity index is 317. The summed E-state index contributed by atoms with van der Waals surface area (Å²) in [5.41, 5.74) is 12.7. The number of halogens is 2. The third kappa shape index (κ3) is 2.43. The Morgan fingerprint density at radius 2 is 2.00 bits per heavy atom. The normalized spacial score (nSPS) is 12.9. The van der Waals surface area contributed by atoms with Crippen LogP contribution >= 0.6 is 31.9 Å². The van der Waals surface area contributed by atoms with Gasteiger partial charge in [-0.3, -0.25) is 0 Å². The van der Waals surface area contributed by atoms with Gasteiger partial charge in [0.1, 0.15) is 0 Å². The summed E-state index contributed by atoms with van der Waals surface area (Å²) in [6.45, 7) is -0.118. The number of nitrogens with two attached hydrogens (primary N) is 2. The molecule has 1 aromatic carbocycles. The van der Waals surface area contributed by atoms with E-state index in [-0.39, 0.29) is 6.61 Å².